The summed E-state index contributed by atoms with van der Waals surface area (Å²) in [5.74, 6) is 0.590. The van der Waals surface area contributed by atoms with Crippen LogP contribution in [0, 0.1) is 0 Å². The van der Waals surface area contributed by atoms with E-state index in [1.807, 2.05) is 6.07 Å². The molecule has 0 radical (unpaired) electrons. The Balaban J connectivity index is 3.02. The maximum absolute atomic E-state index is 5.64. The van der Waals surface area contributed by atoms with Crippen molar-refractivity contribution in [2.45, 2.75) is 18.2 Å². The fourth-order valence-corrected chi connectivity index (χ4v) is 1.60. The molecule has 0 aromatic carbocycles. The van der Waals surface area contributed by atoms with E-state index >= 15 is 0 Å². The van der Waals surface area contributed by atoms with E-state index in [1.165, 1.54) is 5.56 Å². The zero-order chi connectivity index (χ0) is 8.97. The summed E-state index contributed by atoms with van der Waals surface area (Å²) in [5, 5.41) is 0. The quantitative estimate of drug-likeness (QED) is 0.754. The number of methoxy groups -OCH3 is 1. The second-order valence-corrected chi connectivity index (χ2v) is 3.34. The van der Waals surface area contributed by atoms with Gasteiger partial charge in [-0.1, -0.05) is 6.92 Å². The summed E-state index contributed by atoms with van der Waals surface area (Å²) in [6, 6.07) is 1.99. The first-order chi connectivity index (χ1) is 5.81. The van der Waals surface area contributed by atoms with Gasteiger partial charge in [0.15, 0.2) is 0 Å². The SMILES string of the molecule is CCc1cnc(OC)c(SCl)c1. The predicted octanol–water partition coefficient (Wildman–Crippen LogP) is 2.90. The number of rotatable bonds is 3. The Hall–Kier alpha value is -0.410. The Bertz CT molecular complexity index is 267. The molecule has 1 aromatic rings. The maximum atomic E-state index is 5.64. The normalized spacial score (nSPS) is 9.92. The molecule has 2 nitrogen and oxygen atoms in total. The van der Waals surface area contributed by atoms with Crippen LogP contribution in [0.5, 0.6) is 5.88 Å². The minimum Gasteiger partial charge on any atom is -0.480 e. The number of halogens is 1. The van der Waals surface area contributed by atoms with Gasteiger partial charge in [-0.2, -0.15) is 0 Å². The zero-order valence-corrected chi connectivity index (χ0v) is 8.58. The molecule has 0 aliphatic rings. The molecule has 0 bridgehead atoms. The summed E-state index contributed by atoms with van der Waals surface area (Å²) in [4.78, 5) is 4.98. The van der Waals surface area contributed by atoms with E-state index in [4.69, 9.17) is 15.4 Å². The first-order valence-electron chi connectivity index (χ1n) is 3.63. The smallest absolute Gasteiger partial charge is 0.228 e. The first kappa shape index (κ1) is 9.68. The van der Waals surface area contributed by atoms with Crippen molar-refractivity contribution in [1.82, 2.24) is 4.98 Å². The third-order valence-electron chi connectivity index (χ3n) is 1.56. The molecular weight excluding hydrogens is 194 g/mol. The van der Waals surface area contributed by atoms with Crippen LogP contribution in [0.25, 0.3) is 0 Å². The molecule has 1 heterocycles. The predicted molar refractivity (Wildman–Crippen MR) is 51.9 cm³/mol. The van der Waals surface area contributed by atoms with Crippen LogP contribution in [0.15, 0.2) is 17.2 Å². The number of ether oxygens (including phenoxy) is 1. The van der Waals surface area contributed by atoms with Crippen LogP contribution in [-0.4, -0.2) is 12.1 Å². The molecular formula is C8H10ClNOS. The largest absolute Gasteiger partial charge is 0.480 e. The van der Waals surface area contributed by atoms with Gasteiger partial charge in [0.1, 0.15) is 0 Å². The van der Waals surface area contributed by atoms with E-state index in [0.29, 0.717) is 5.88 Å². The second-order valence-electron chi connectivity index (χ2n) is 2.28. The average Bonchev–Trinajstić information content (AvgIpc) is 2.16. The Labute approximate surface area is 80.8 Å². The molecule has 0 unspecified atom stereocenters. The summed E-state index contributed by atoms with van der Waals surface area (Å²) in [5.41, 5.74) is 1.17. The lowest BCUT2D eigenvalue weighted by Gasteiger charge is -2.04. The number of pyridine rings is 1. The van der Waals surface area contributed by atoms with Gasteiger partial charge in [0, 0.05) is 6.20 Å². The molecule has 0 atom stereocenters. The number of hydrogen-bond acceptors (Lipinski definition) is 3. The van der Waals surface area contributed by atoms with Gasteiger partial charge in [0.2, 0.25) is 5.88 Å². The van der Waals surface area contributed by atoms with Crippen LogP contribution in [0.1, 0.15) is 12.5 Å². The number of aromatic nitrogens is 1. The van der Waals surface area contributed by atoms with Gasteiger partial charge >= 0.3 is 0 Å². The zero-order valence-electron chi connectivity index (χ0n) is 7.00. The van der Waals surface area contributed by atoms with Crippen LogP contribution in [0.3, 0.4) is 0 Å². The molecule has 0 saturated carbocycles. The molecule has 0 saturated heterocycles. The molecule has 0 fully saturated rings. The van der Waals surface area contributed by atoms with Crippen molar-refractivity contribution in [2.24, 2.45) is 0 Å². The van der Waals surface area contributed by atoms with E-state index in [1.54, 1.807) is 13.3 Å². The lowest BCUT2D eigenvalue weighted by atomic mass is 10.2. The van der Waals surface area contributed by atoms with Gasteiger partial charge < -0.3 is 4.74 Å². The van der Waals surface area contributed by atoms with Crippen LogP contribution in [0.2, 0.25) is 0 Å². The van der Waals surface area contributed by atoms with Gasteiger partial charge in [-0.15, -0.1) is 0 Å². The van der Waals surface area contributed by atoms with Crippen LogP contribution >= 0.6 is 21.7 Å². The van der Waals surface area contributed by atoms with Gasteiger partial charge in [0.05, 0.1) is 12.0 Å². The Morgan fingerprint density at radius 2 is 2.42 bits per heavy atom. The highest BCUT2D eigenvalue weighted by Crippen LogP contribution is 2.30. The minimum absolute atomic E-state index is 0.590. The van der Waals surface area contributed by atoms with Gasteiger partial charge in [-0.25, -0.2) is 4.98 Å². The van der Waals surface area contributed by atoms with Crippen LogP contribution < -0.4 is 4.74 Å². The third kappa shape index (κ3) is 2.05. The lowest BCUT2D eigenvalue weighted by molar-refractivity contribution is 0.387. The molecule has 1 rings (SSSR count). The average molecular weight is 204 g/mol. The van der Waals surface area contributed by atoms with Crippen molar-refractivity contribution in [3.05, 3.63) is 17.8 Å². The first-order valence-corrected chi connectivity index (χ1v) is 5.27. The molecule has 0 aliphatic carbocycles. The summed E-state index contributed by atoms with van der Waals surface area (Å²) in [6.45, 7) is 2.08. The molecule has 0 aliphatic heterocycles. The summed E-state index contributed by atoms with van der Waals surface area (Å²) in [7, 11) is 8.36. The maximum Gasteiger partial charge on any atom is 0.228 e. The highest BCUT2D eigenvalue weighted by atomic mass is 35.7. The van der Waals surface area contributed by atoms with Gasteiger partial charge in [-0.3, -0.25) is 0 Å². The third-order valence-corrected chi connectivity index (χ3v) is 2.52. The molecule has 4 heteroatoms. The standard InChI is InChI=1S/C8H10ClNOS/c1-3-6-4-7(12-9)8(11-2)10-5-6/h4-5H,3H2,1-2H3. The Kier molecular flexibility index (Phi) is 3.69. The van der Waals surface area contributed by atoms with E-state index in [0.717, 1.165) is 22.3 Å². The van der Waals surface area contributed by atoms with Gasteiger partial charge in [0.25, 0.3) is 0 Å². The van der Waals surface area contributed by atoms with E-state index in [2.05, 4.69) is 11.9 Å². The second kappa shape index (κ2) is 4.58. The van der Waals surface area contributed by atoms with Crippen molar-refractivity contribution in [3.8, 4) is 5.88 Å². The number of aryl methyl sites for hydroxylation is 1. The van der Waals surface area contributed by atoms with Crippen molar-refractivity contribution in [2.75, 3.05) is 7.11 Å². The molecule has 0 amide bonds. The summed E-state index contributed by atoms with van der Waals surface area (Å²) >= 11 is 0. The fraction of sp³-hybridized carbons (Fsp3) is 0.375. The lowest BCUT2D eigenvalue weighted by Crippen LogP contribution is -1.91. The summed E-state index contributed by atoms with van der Waals surface area (Å²) in [6.07, 6.45) is 2.76. The Morgan fingerprint density at radius 1 is 1.67 bits per heavy atom. The van der Waals surface area contributed by atoms with Crippen molar-refractivity contribution in [3.63, 3.8) is 0 Å². The monoisotopic (exact) mass is 203 g/mol. The van der Waals surface area contributed by atoms with Crippen LogP contribution in [0.4, 0.5) is 0 Å². The van der Waals surface area contributed by atoms with Crippen molar-refractivity contribution in [1.29, 1.82) is 0 Å². The molecule has 0 N–H and O–H groups in total. The van der Waals surface area contributed by atoms with E-state index in [9.17, 15) is 0 Å². The molecule has 1 aromatic heterocycles. The highest BCUT2D eigenvalue weighted by Gasteiger charge is 2.04. The molecule has 0 spiro atoms. The minimum atomic E-state index is 0.590. The fourth-order valence-electron chi connectivity index (χ4n) is 0.874. The molecule has 66 valence electrons. The summed E-state index contributed by atoms with van der Waals surface area (Å²) < 4.78 is 5.02. The van der Waals surface area contributed by atoms with Crippen LogP contribution in [-0.2, 0) is 6.42 Å². The van der Waals surface area contributed by atoms with Crippen molar-refractivity contribution < 1.29 is 4.74 Å². The van der Waals surface area contributed by atoms with E-state index in [-0.39, 0.29) is 0 Å². The van der Waals surface area contributed by atoms with Gasteiger partial charge in [-0.05, 0) is 39.7 Å². The number of hydrogen-bond donors (Lipinski definition) is 0. The van der Waals surface area contributed by atoms with E-state index < -0.39 is 0 Å². The topological polar surface area (TPSA) is 22.1 Å². The van der Waals surface area contributed by atoms with Crippen molar-refractivity contribution >= 4 is 21.7 Å². The molecule has 12 heavy (non-hydrogen) atoms. The number of nitrogens with zero attached hydrogens (tertiary/aromatic N) is 1. The highest BCUT2D eigenvalue weighted by molar-refractivity contribution is 8.21. The Morgan fingerprint density at radius 3 is 2.92 bits per heavy atom.